The Morgan fingerprint density at radius 1 is 1.28 bits per heavy atom. The number of aromatic nitrogens is 1. The summed E-state index contributed by atoms with van der Waals surface area (Å²) in [4.78, 5) is 12.7. The Kier molecular flexibility index (Phi) is 5.64. The van der Waals surface area contributed by atoms with Gasteiger partial charge in [-0.25, -0.2) is 12.7 Å². The zero-order chi connectivity index (χ0) is 18.8. The van der Waals surface area contributed by atoms with Gasteiger partial charge in [0.05, 0.1) is 10.6 Å². The summed E-state index contributed by atoms with van der Waals surface area (Å²) in [7, 11) is -0.643. The van der Waals surface area contributed by atoms with E-state index in [0.717, 1.165) is 4.31 Å². The highest BCUT2D eigenvalue weighted by molar-refractivity contribution is 7.89. The highest BCUT2D eigenvalue weighted by atomic mass is 32.2. The van der Waals surface area contributed by atoms with Gasteiger partial charge in [0.2, 0.25) is 10.0 Å². The lowest BCUT2D eigenvalue weighted by Gasteiger charge is -2.15. The number of hydrogen-bond donors (Lipinski definition) is 1. The monoisotopic (exact) mass is 365 g/mol. The average molecular weight is 365 g/mol. The second-order valence-corrected chi connectivity index (χ2v) is 8.36. The van der Waals surface area contributed by atoms with Crippen molar-refractivity contribution in [2.45, 2.75) is 38.1 Å². The predicted octanol–water partition coefficient (Wildman–Crippen LogP) is 2.29. The Hall–Kier alpha value is -2.19. The van der Waals surface area contributed by atoms with E-state index in [1.165, 1.54) is 20.2 Å². The molecule has 1 aromatic heterocycles. The molecule has 7 nitrogen and oxygen atoms in total. The topological polar surface area (TPSA) is 92.5 Å². The maximum Gasteiger partial charge on any atom is 0.257 e. The largest absolute Gasteiger partial charge is 0.360 e. The van der Waals surface area contributed by atoms with E-state index in [1.54, 1.807) is 25.1 Å². The molecule has 25 heavy (non-hydrogen) atoms. The molecule has 136 valence electrons. The highest BCUT2D eigenvalue weighted by Crippen LogP contribution is 2.23. The predicted molar refractivity (Wildman–Crippen MR) is 93.8 cm³/mol. The van der Waals surface area contributed by atoms with E-state index in [1.807, 2.05) is 13.8 Å². The van der Waals surface area contributed by atoms with Crippen LogP contribution in [0.5, 0.6) is 0 Å². The molecule has 0 saturated carbocycles. The van der Waals surface area contributed by atoms with Crippen molar-refractivity contribution in [2.24, 2.45) is 0 Å². The number of sulfonamides is 1. The quantitative estimate of drug-likeness (QED) is 0.848. The molecule has 1 aromatic carbocycles. The number of nitrogens with zero attached hydrogens (tertiary/aromatic N) is 2. The van der Waals surface area contributed by atoms with E-state index in [4.69, 9.17) is 4.52 Å². The Morgan fingerprint density at radius 2 is 1.92 bits per heavy atom. The van der Waals surface area contributed by atoms with Crippen LogP contribution in [0.3, 0.4) is 0 Å². The van der Waals surface area contributed by atoms with Crippen molar-refractivity contribution in [3.63, 3.8) is 0 Å². The molecule has 0 radical (unpaired) electrons. The maximum atomic E-state index is 12.5. The Labute approximate surface area is 148 Å². The van der Waals surface area contributed by atoms with Gasteiger partial charge >= 0.3 is 0 Å². The normalized spacial score (nSPS) is 12.0. The molecule has 8 heteroatoms. The lowest BCUT2D eigenvalue weighted by molar-refractivity contribution is 0.0947. The second-order valence-electron chi connectivity index (χ2n) is 6.24. The zero-order valence-corrected chi connectivity index (χ0v) is 15.8. The Morgan fingerprint density at radius 3 is 2.52 bits per heavy atom. The molecule has 1 amide bonds. The van der Waals surface area contributed by atoms with Gasteiger partial charge in [0.25, 0.3) is 5.91 Å². The van der Waals surface area contributed by atoms with E-state index >= 15 is 0 Å². The molecule has 0 atom stereocenters. The highest BCUT2D eigenvalue weighted by Gasteiger charge is 2.24. The van der Waals surface area contributed by atoms with Crippen LogP contribution in [-0.4, -0.2) is 37.9 Å². The first-order chi connectivity index (χ1) is 11.7. The molecule has 0 aliphatic rings. The zero-order valence-electron chi connectivity index (χ0n) is 15.0. The summed E-state index contributed by atoms with van der Waals surface area (Å²) in [6.07, 6.45) is 0. The Bertz CT molecular complexity index is 870. The molecule has 2 rings (SSSR count). The van der Waals surface area contributed by atoms with Crippen molar-refractivity contribution >= 4 is 15.9 Å². The number of amides is 1. The molecular weight excluding hydrogens is 342 g/mol. The van der Waals surface area contributed by atoms with Crippen LogP contribution in [-0.2, 0) is 16.6 Å². The fraction of sp³-hybridized carbons (Fsp3) is 0.412. The van der Waals surface area contributed by atoms with Crippen LogP contribution in [0.4, 0.5) is 0 Å². The number of benzene rings is 1. The summed E-state index contributed by atoms with van der Waals surface area (Å²) in [6, 6.07) is 6.60. The molecule has 0 aliphatic heterocycles. The van der Waals surface area contributed by atoms with Crippen molar-refractivity contribution in [1.82, 2.24) is 14.8 Å². The molecule has 2 aromatic rings. The first-order valence-electron chi connectivity index (χ1n) is 7.91. The molecular formula is C17H23N3O4S. The average Bonchev–Trinajstić information content (AvgIpc) is 2.94. The second kappa shape index (κ2) is 7.37. The van der Waals surface area contributed by atoms with E-state index in [0.29, 0.717) is 22.6 Å². The smallest absolute Gasteiger partial charge is 0.257 e. The molecule has 0 bridgehead atoms. The Balaban J connectivity index is 2.26. The van der Waals surface area contributed by atoms with Crippen LogP contribution in [0.15, 0.2) is 33.7 Å². The summed E-state index contributed by atoms with van der Waals surface area (Å²) in [5.74, 6) is 0.201. The third kappa shape index (κ3) is 3.91. The van der Waals surface area contributed by atoms with Crippen molar-refractivity contribution < 1.29 is 17.7 Å². The summed E-state index contributed by atoms with van der Waals surface area (Å²) in [6.45, 7) is 5.62. The van der Waals surface area contributed by atoms with Crippen LogP contribution in [0.25, 0.3) is 0 Å². The van der Waals surface area contributed by atoms with Crippen LogP contribution in [0, 0.1) is 6.92 Å². The van der Waals surface area contributed by atoms with Gasteiger partial charge in [-0.05, 0) is 18.6 Å². The van der Waals surface area contributed by atoms with E-state index in [2.05, 4.69) is 10.5 Å². The van der Waals surface area contributed by atoms with Crippen LogP contribution >= 0.6 is 0 Å². The van der Waals surface area contributed by atoms with Crippen LogP contribution < -0.4 is 5.32 Å². The lowest BCUT2D eigenvalue weighted by atomic mass is 10.0. The summed E-state index contributed by atoms with van der Waals surface area (Å²) in [5.41, 5.74) is 1.43. The number of carbonyl (C=O) groups excluding carboxylic acids is 1. The van der Waals surface area contributed by atoms with Crippen molar-refractivity contribution in [3.05, 3.63) is 46.8 Å². The number of rotatable bonds is 6. The minimum Gasteiger partial charge on any atom is -0.360 e. The first kappa shape index (κ1) is 19.1. The molecule has 0 saturated heterocycles. The van der Waals surface area contributed by atoms with Crippen molar-refractivity contribution in [2.75, 3.05) is 14.1 Å². The van der Waals surface area contributed by atoms with Gasteiger partial charge in [0.15, 0.2) is 5.76 Å². The fourth-order valence-corrected chi connectivity index (χ4v) is 3.54. The van der Waals surface area contributed by atoms with Gasteiger partial charge in [-0.3, -0.25) is 4.79 Å². The molecule has 0 aliphatic carbocycles. The molecule has 1 heterocycles. The number of carbonyl (C=O) groups is 1. The maximum absolute atomic E-state index is 12.5. The van der Waals surface area contributed by atoms with Crippen LogP contribution in [0.1, 0.15) is 47.1 Å². The fourth-order valence-electron chi connectivity index (χ4n) is 2.42. The molecule has 0 fully saturated rings. The lowest BCUT2D eigenvalue weighted by Crippen LogP contribution is -2.27. The third-order valence-corrected chi connectivity index (χ3v) is 5.73. The third-order valence-electron chi connectivity index (χ3n) is 3.81. The van der Waals surface area contributed by atoms with Crippen LogP contribution in [0.2, 0.25) is 0 Å². The number of aryl methyl sites for hydroxylation is 1. The van der Waals surface area contributed by atoms with Gasteiger partial charge in [-0.1, -0.05) is 37.2 Å². The molecule has 0 spiro atoms. The molecule has 0 unspecified atom stereocenters. The molecule has 1 N–H and O–H groups in total. The van der Waals surface area contributed by atoms with Gasteiger partial charge in [0, 0.05) is 26.6 Å². The van der Waals surface area contributed by atoms with Crippen molar-refractivity contribution in [3.8, 4) is 0 Å². The van der Waals surface area contributed by atoms with E-state index < -0.39 is 10.0 Å². The van der Waals surface area contributed by atoms with Gasteiger partial charge < -0.3 is 9.84 Å². The number of hydrogen-bond acceptors (Lipinski definition) is 5. The standard InChI is InChI=1S/C17H23N3O4S/c1-11(2)16-15(12(3)19-24-16)17(21)18-10-13-8-6-7-9-14(13)25(22,23)20(4)5/h6-9,11H,10H2,1-5H3,(H,18,21). The number of nitrogens with one attached hydrogen (secondary N) is 1. The van der Waals surface area contributed by atoms with Gasteiger partial charge in [-0.15, -0.1) is 0 Å². The van der Waals surface area contributed by atoms with E-state index in [9.17, 15) is 13.2 Å². The summed E-state index contributed by atoms with van der Waals surface area (Å²) in [5, 5.41) is 6.62. The minimum atomic E-state index is -3.59. The first-order valence-corrected chi connectivity index (χ1v) is 9.35. The minimum absolute atomic E-state index is 0.0170. The summed E-state index contributed by atoms with van der Waals surface area (Å²) < 4.78 is 31.2. The van der Waals surface area contributed by atoms with Crippen molar-refractivity contribution in [1.29, 1.82) is 0 Å². The van der Waals surface area contributed by atoms with E-state index in [-0.39, 0.29) is 23.3 Å². The van der Waals surface area contributed by atoms with Gasteiger partial charge in [0.1, 0.15) is 5.56 Å². The summed E-state index contributed by atoms with van der Waals surface area (Å²) >= 11 is 0. The SMILES string of the molecule is Cc1noc(C(C)C)c1C(=O)NCc1ccccc1S(=O)(=O)N(C)C. The van der Waals surface area contributed by atoms with Gasteiger partial charge in [-0.2, -0.15) is 0 Å².